The Labute approximate surface area is 212 Å². The second-order valence-corrected chi connectivity index (χ2v) is 13.4. The molecular formula is C25H32N4O5S2. The lowest BCUT2D eigenvalue weighted by Crippen LogP contribution is -2.38. The smallest absolute Gasteiger partial charge is 0.250 e. The van der Waals surface area contributed by atoms with Gasteiger partial charge >= 0.3 is 0 Å². The van der Waals surface area contributed by atoms with E-state index in [0.717, 1.165) is 27.6 Å². The number of sulfonamides is 2. The van der Waals surface area contributed by atoms with E-state index in [-0.39, 0.29) is 24.0 Å². The summed E-state index contributed by atoms with van der Waals surface area (Å²) in [6.07, 6.45) is 3.27. The Kier molecular flexibility index (Phi) is 7.56. The molecule has 0 saturated carbocycles. The van der Waals surface area contributed by atoms with Gasteiger partial charge in [0.15, 0.2) is 0 Å². The highest BCUT2D eigenvalue weighted by Gasteiger charge is 2.29. The molecule has 2 aromatic carbocycles. The average molecular weight is 533 g/mol. The largest absolute Gasteiger partial charge is 0.366 e. The molecule has 0 bridgehead atoms. The fourth-order valence-electron chi connectivity index (χ4n) is 4.74. The minimum Gasteiger partial charge on any atom is -0.366 e. The molecule has 9 nitrogen and oxygen atoms in total. The Morgan fingerprint density at radius 2 is 1.78 bits per heavy atom. The number of carbonyl (C=O) groups excluding carboxylic acids is 1. The maximum atomic E-state index is 12.3. The molecule has 0 spiro atoms. The first-order valence-electron chi connectivity index (χ1n) is 12.0. The summed E-state index contributed by atoms with van der Waals surface area (Å²) in [6, 6.07) is 11.2. The number of H-pyrrole nitrogens is 1. The van der Waals surface area contributed by atoms with Gasteiger partial charge in [-0.3, -0.25) is 4.79 Å². The fourth-order valence-corrected chi connectivity index (χ4v) is 6.46. The zero-order valence-electron chi connectivity index (χ0n) is 20.5. The molecule has 0 radical (unpaired) electrons. The zero-order chi connectivity index (χ0) is 26.1. The number of nitrogens with one attached hydrogen (secondary N) is 2. The minimum absolute atomic E-state index is 0.00486. The Morgan fingerprint density at radius 1 is 1.06 bits per heavy atom. The summed E-state index contributed by atoms with van der Waals surface area (Å²) in [4.78, 5) is 15.5. The monoisotopic (exact) mass is 532 g/mol. The molecule has 0 atom stereocenters. The maximum absolute atomic E-state index is 12.3. The number of carbonyl (C=O) groups is 1. The third kappa shape index (κ3) is 5.49. The van der Waals surface area contributed by atoms with Crippen molar-refractivity contribution in [2.24, 2.45) is 5.73 Å². The summed E-state index contributed by atoms with van der Waals surface area (Å²) in [5, 5.41) is 0.884. The number of amides is 1. The van der Waals surface area contributed by atoms with Crippen molar-refractivity contribution in [1.29, 1.82) is 0 Å². The lowest BCUT2D eigenvalue weighted by atomic mass is 9.88. The lowest BCUT2D eigenvalue weighted by Gasteiger charge is -2.31. The van der Waals surface area contributed by atoms with Gasteiger partial charge in [0, 0.05) is 31.2 Å². The molecule has 3 aromatic rings. The Hall–Kier alpha value is -2.73. The maximum Gasteiger partial charge on any atom is 0.250 e. The van der Waals surface area contributed by atoms with Crippen LogP contribution in [0.15, 0.2) is 42.6 Å². The van der Waals surface area contributed by atoms with Gasteiger partial charge in [0.25, 0.3) is 5.91 Å². The molecule has 4 N–H and O–H groups in total. The zero-order valence-corrected chi connectivity index (χ0v) is 22.1. The molecule has 194 valence electrons. The van der Waals surface area contributed by atoms with Crippen molar-refractivity contribution in [3.63, 3.8) is 0 Å². The molecule has 1 aromatic heterocycles. The van der Waals surface area contributed by atoms with E-state index < -0.39 is 26.0 Å². The molecule has 1 saturated heterocycles. The van der Waals surface area contributed by atoms with Gasteiger partial charge < -0.3 is 10.7 Å². The van der Waals surface area contributed by atoms with Crippen LogP contribution in [0.1, 0.15) is 54.1 Å². The predicted molar refractivity (Wildman–Crippen MR) is 142 cm³/mol. The highest BCUT2D eigenvalue weighted by molar-refractivity contribution is 7.89. The first-order valence-corrected chi connectivity index (χ1v) is 15.3. The quantitative estimate of drug-likeness (QED) is 0.388. The van der Waals surface area contributed by atoms with E-state index >= 15 is 0 Å². The van der Waals surface area contributed by atoms with E-state index in [1.807, 2.05) is 36.5 Å². The number of fused-ring (bicyclic) bond motifs is 1. The summed E-state index contributed by atoms with van der Waals surface area (Å²) in [6.45, 7) is 4.34. The van der Waals surface area contributed by atoms with Crippen LogP contribution in [0.4, 0.5) is 0 Å². The summed E-state index contributed by atoms with van der Waals surface area (Å²) in [5.41, 5.74) is 10.2. The number of piperidine rings is 1. The molecule has 2 heterocycles. The van der Waals surface area contributed by atoms with Crippen LogP contribution in [0, 0.1) is 0 Å². The molecular weight excluding hydrogens is 500 g/mol. The highest BCUT2D eigenvalue weighted by atomic mass is 32.2. The average Bonchev–Trinajstić information content (AvgIpc) is 3.31. The molecule has 11 heteroatoms. The third-order valence-electron chi connectivity index (χ3n) is 6.88. The second kappa shape index (κ2) is 10.3. The van der Waals surface area contributed by atoms with Gasteiger partial charge in [-0.05, 0) is 73.1 Å². The van der Waals surface area contributed by atoms with E-state index in [0.29, 0.717) is 37.0 Å². The molecule has 4 rings (SSSR count). The van der Waals surface area contributed by atoms with Gasteiger partial charge in [-0.15, -0.1) is 0 Å². The van der Waals surface area contributed by atoms with Crippen molar-refractivity contribution < 1.29 is 21.6 Å². The number of aromatic amines is 1. The number of nitrogens with two attached hydrogens (primary N) is 1. The molecule has 1 aliphatic heterocycles. The molecule has 0 aliphatic carbocycles. The molecule has 36 heavy (non-hydrogen) atoms. The fraction of sp³-hybridized carbons (Fsp3) is 0.400. The van der Waals surface area contributed by atoms with E-state index in [1.54, 1.807) is 24.2 Å². The number of hydrogen-bond acceptors (Lipinski definition) is 5. The summed E-state index contributed by atoms with van der Waals surface area (Å²) >= 11 is 0. The number of aromatic nitrogens is 1. The Bertz CT molecular complexity index is 1490. The van der Waals surface area contributed by atoms with Gasteiger partial charge in [-0.1, -0.05) is 18.2 Å². The lowest BCUT2D eigenvalue weighted by molar-refractivity contribution is 0.100. The number of nitrogens with zero attached hydrogens (tertiary/aromatic N) is 1. The summed E-state index contributed by atoms with van der Waals surface area (Å²) in [5.74, 6) is -0.307. The van der Waals surface area contributed by atoms with Crippen LogP contribution in [0.5, 0.6) is 0 Å². The van der Waals surface area contributed by atoms with Crippen LogP contribution in [0.25, 0.3) is 22.0 Å². The Morgan fingerprint density at radius 3 is 2.42 bits per heavy atom. The summed E-state index contributed by atoms with van der Waals surface area (Å²) < 4.78 is 52.3. The highest BCUT2D eigenvalue weighted by Crippen LogP contribution is 2.37. The van der Waals surface area contributed by atoms with Crippen LogP contribution in [-0.2, 0) is 26.6 Å². The Balaban J connectivity index is 1.69. The van der Waals surface area contributed by atoms with Gasteiger partial charge in [0.1, 0.15) is 0 Å². The SMILES string of the molecule is CCS(=O)(=O)NCc1cccc(-c2cc(C(N)=O)c3[nH]cc(C4CCN(S(=O)(=O)CC)CC4)c3c2)c1. The van der Waals surface area contributed by atoms with Crippen LogP contribution >= 0.6 is 0 Å². The van der Waals surface area contributed by atoms with Crippen molar-refractivity contribution in [2.45, 2.75) is 39.2 Å². The van der Waals surface area contributed by atoms with Crippen molar-refractivity contribution in [3.8, 4) is 11.1 Å². The predicted octanol–water partition coefficient (Wildman–Crippen LogP) is 2.90. The summed E-state index contributed by atoms with van der Waals surface area (Å²) in [7, 11) is -6.54. The second-order valence-electron chi connectivity index (χ2n) is 9.05. The first-order chi connectivity index (χ1) is 17.0. The van der Waals surface area contributed by atoms with Crippen LogP contribution in [-0.4, -0.2) is 56.6 Å². The van der Waals surface area contributed by atoms with E-state index in [9.17, 15) is 21.6 Å². The van der Waals surface area contributed by atoms with Crippen LogP contribution < -0.4 is 10.5 Å². The molecule has 0 unspecified atom stereocenters. The van der Waals surface area contributed by atoms with Crippen molar-refractivity contribution in [3.05, 3.63) is 59.3 Å². The number of hydrogen-bond donors (Lipinski definition) is 3. The van der Waals surface area contributed by atoms with Gasteiger partial charge in [-0.2, -0.15) is 0 Å². The first kappa shape index (κ1) is 26.3. The van der Waals surface area contributed by atoms with Crippen molar-refractivity contribution in [2.75, 3.05) is 24.6 Å². The molecule has 1 amide bonds. The van der Waals surface area contributed by atoms with Crippen LogP contribution in [0.2, 0.25) is 0 Å². The number of primary amides is 1. The minimum atomic E-state index is -3.32. The van der Waals surface area contributed by atoms with Crippen molar-refractivity contribution in [1.82, 2.24) is 14.0 Å². The van der Waals surface area contributed by atoms with E-state index in [1.165, 1.54) is 0 Å². The third-order valence-corrected chi connectivity index (χ3v) is 10.1. The van der Waals surface area contributed by atoms with E-state index in [2.05, 4.69) is 9.71 Å². The molecule has 1 fully saturated rings. The standard InChI is InChI=1S/C25H32N4O5S2/c1-3-35(31,32)28-15-17-6-5-7-19(12-17)20-13-21-23(16-27-24(21)22(14-20)25(26)30)18-8-10-29(11-9-18)36(33,34)4-2/h5-7,12-14,16,18,27-28H,3-4,8-11,15H2,1-2H3,(H2,26,30). The van der Waals surface area contributed by atoms with Crippen LogP contribution in [0.3, 0.4) is 0 Å². The van der Waals surface area contributed by atoms with Crippen molar-refractivity contribution >= 4 is 36.9 Å². The topological polar surface area (TPSA) is 142 Å². The van der Waals surface area contributed by atoms with Gasteiger partial charge in [-0.25, -0.2) is 25.9 Å². The number of benzene rings is 2. The normalized spacial score (nSPS) is 15.9. The number of rotatable bonds is 9. The van der Waals surface area contributed by atoms with Gasteiger partial charge in [0.2, 0.25) is 20.0 Å². The van der Waals surface area contributed by atoms with E-state index in [4.69, 9.17) is 5.73 Å². The van der Waals surface area contributed by atoms with Gasteiger partial charge in [0.05, 0.1) is 22.6 Å². The molecule has 1 aliphatic rings.